The Balaban J connectivity index is 1.91. The molecule has 32 heavy (non-hydrogen) atoms. The summed E-state index contributed by atoms with van der Waals surface area (Å²) >= 11 is 0. The molecule has 2 N–H and O–H groups in total. The molecule has 0 atom stereocenters. The van der Waals surface area contributed by atoms with Crippen molar-refractivity contribution in [2.45, 2.75) is 13.8 Å². The van der Waals surface area contributed by atoms with E-state index in [2.05, 4.69) is 5.32 Å². The fraction of sp³-hybridized carbons (Fsp3) is 0.0870. The summed E-state index contributed by atoms with van der Waals surface area (Å²) in [5, 5.41) is 32.0. The van der Waals surface area contributed by atoms with Gasteiger partial charge in [0.2, 0.25) is 0 Å². The standard InChI is InChI=1S/C23H18N4O5/c1-14-10-17(15(2)26(14)20-6-8-21(9-7-20)27(31)32)11-18(13-24)22(28)25-19-5-3-4-16(12-19)23(29)30/h3-12H,1-2H3,(H,25,28)(H,29,30)/b18-11+. The highest BCUT2D eigenvalue weighted by Crippen LogP contribution is 2.24. The molecule has 3 aromatic rings. The molecule has 1 amide bonds. The number of non-ortho nitro benzene ring substituents is 1. The number of benzene rings is 2. The first-order valence-corrected chi connectivity index (χ1v) is 9.41. The van der Waals surface area contributed by atoms with Gasteiger partial charge in [0.1, 0.15) is 11.6 Å². The lowest BCUT2D eigenvalue weighted by molar-refractivity contribution is -0.384. The van der Waals surface area contributed by atoms with E-state index in [-0.39, 0.29) is 22.5 Å². The Kier molecular flexibility index (Phi) is 6.16. The predicted octanol–water partition coefficient (Wildman–Crippen LogP) is 4.25. The molecule has 160 valence electrons. The molecule has 0 bridgehead atoms. The van der Waals surface area contributed by atoms with Crippen LogP contribution in [0.2, 0.25) is 0 Å². The van der Waals surface area contributed by atoms with Crippen LogP contribution in [0.3, 0.4) is 0 Å². The van der Waals surface area contributed by atoms with Crippen molar-refractivity contribution < 1.29 is 19.6 Å². The average Bonchev–Trinajstić information content (AvgIpc) is 3.04. The summed E-state index contributed by atoms with van der Waals surface area (Å²) in [6.07, 6.45) is 1.45. The maximum Gasteiger partial charge on any atom is 0.335 e. The van der Waals surface area contributed by atoms with Crippen molar-refractivity contribution in [3.8, 4) is 11.8 Å². The van der Waals surface area contributed by atoms with Gasteiger partial charge in [-0.25, -0.2) is 4.79 Å². The highest BCUT2D eigenvalue weighted by Gasteiger charge is 2.15. The zero-order chi connectivity index (χ0) is 23.4. The monoisotopic (exact) mass is 430 g/mol. The number of hydrogen-bond acceptors (Lipinski definition) is 5. The molecule has 1 heterocycles. The molecule has 0 radical (unpaired) electrons. The number of hydrogen-bond donors (Lipinski definition) is 2. The van der Waals surface area contributed by atoms with Gasteiger partial charge in [-0.2, -0.15) is 5.26 Å². The highest BCUT2D eigenvalue weighted by atomic mass is 16.6. The lowest BCUT2D eigenvalue weighted by atomic mass is 10.1. The second-order valence-corrected chi connectivity index (χ2v) is 6.95. The summed E-state index contributed by atoms with van der Waals surface area (Å²) in [5.41, 5.74) is 2.98. The number of aryl methyl sites for hydroxylation is 1. The predicted molar refractivity (Wildman–Crippen MR) is 118 cm³/mol. The Hall–Kier alpha value is -4.71. The first kappa shape index (κ1) is 22.0. The fourth-order valence-corrected chi connectivity index (χ4v) is 3.29. The summed E-state index contributed by atoms with van der Waals surface area (Å²) < 4.78 is 1.86. The van der Waals surface area contributed by atoms with E-state index < -0.39 is 16.8 Å². The number of rotatable bonds is 6. The second-order valence-electron chi connectivity index (χ2n) is 6.95. The maximum atomic E-state index is 12.6. The average molecular weight is 430 g/mol. The van der Waals surface area contributed by atoms with Crippen molar-refractivity contribution in [3.63, 3.8) is 0 Å². The Morgan fingerprint density at radius 2 is 1.84 bits per heavy atom. The summed E-state index contributed by atoms with van der Waals surface area (Å²) in [5.74, 6) is -1.80. The van der Waals surface area contributed by atoms with Crippen LogP contribution in [0.4, 0.5) is 11.4 Å². The van der Waals surface area contributed by atoms with Gasteiger partial charge in [0.05, 0.1) is 10.5 Å². The molecule has 0 aliphatic rings. The minimum absolute atomic E-state index is 0.0110. The minimum Gasteiger partial charge on any atom is -0.478 e. The third kappa shape index (κ3) is 4.55. The third-order valence-electron chi connectivity index (χ3n) is 4.82. The van der Waals surface area contributed by atoms with E-state index in [1.807, 2.05) is 24.5 Å². The maximum absolute atomic E-state index is 12.6. The number of nitriles is 1. The number of nitrogens with zero attached hydrogens (tertiary/aromatic N) is 3. The molecule has 0 saturated carbocycles. The van der Waals surface area contributed by atoms with E-state index in [0.717, 1.165) is 11.4 Å². The molecule has 0 saturated heterocycles. The number of nitro benzene ring substituents is 1. The SMILES string of the molecule is Cc1cc(/C=C(\C#N)C(=O)Nc2cccc(C(=O)O)c2)c(C)n1-c1ccc([N+](=O)[O-])cc1. The number of anilines is 1. The Labute approximate surface area is 183 Å². The number of carboxylic acids is 1. The van der Waals surface area contributed by atoms with Crippen molar-refractivity contribution in [1.29, 1.82) is 5.26 Å². The quantitative estimate of drug-likeness (QED) is 0.259. The molecular formula is C23H18N4O5. The van der Waals surface area contributed by atoms with Crippen molar-refractivity contribution >= 4 is 29.3 Å². The van der Waals surface area contributed by atoms with Crippen LogP contribution in [0.25, 0.3) is 11.8 Å². The molecule has 0 fully saturated rings. The minimum atomic E-state index is -1.13. The Morgan fingerprint density at radius 3 is 2.44 bits per heavy atom. The number of nitro groups is 1. The Morgan fingerprint density at radius 1 is 1.16 bits per heavy atom. The molecule has 9 nitrogen and oxygen atoms in total. The van der Waals surface area contributed by atoms with Gasteiger partial charge in [0, 0.05) is 34.9 Å². The lowest BCUT2D eigenvalue weighted by Gasteiger charge is -2.09. The number of amides is 1. The molecule has 2 aromatic carbocycles. The zero-order valence-corrected chi connectivity index (χ0v) is 17.2. The molecule has 9 heteroatoms. The van der Waals surface area contributed by atoms with Gasteiger partial charge in [-0.3, -0.25) is 14.9 Å². The normalized spacial score (nSPS) is 11.0. The number of nitrogens with one attached hydrogen (secondary N) is 1. The third-order valence-corrected chi connectivity index (χ3v) is 4.82. The van der Waals surface area contributed by atoms with Crippen LogP contribution >= 0.6 is 0 Å². The van der Waals surface area contributed by atoms with Gasteiger partial charge in [0.25, 0.3) is 11.6 Å². The van der Waals surface area contributed by atoms with E-state index >= 15 is 0 Å². The van der Waals surface area contributed by atoms with Crippen LogP contribution in [0, 0.1) is 35.3 Å². The fourth-order valence-electron chi connectivity index (χ4n) is 3.29. The van der Waals surface area contributed by atoms with E-state index in [4.69, 9.17) is 5.11 Å². The van der Waals surface area contributed by atoms with Crippen LogP contribution in [0.5, 0.6) is 0 Å². The Bertz CT molecular complexity index is 1300. The smallest absolute Gasteiger partial charge is 0.335 e. The summed E-state index contributed by atoms with van der Waals surface area (Å²) in [7, 11) is 0. The molecular weight excluding hydrogens is 412 g/mol. The van der Waals surface area contributed by atoms with Crippen LogP contribution in [-0.4, -0.2) is 26.5 Å². The van der Waals surface area contributed by atoms with Gasteiger partial charge in [-0.15, -0.1) is 0 Å². The van der Waals surface area contributed by atoms with Crippen molar-refractivity contribution in [2.75, 3.05) is 5.32 Å². The van der Waals surface area contributed by atoms with Crippen LogP contribution < -0.4 is 5.32 Å². The molecule has 1 aromatic heterocycles. The topological polar surface area (TPSA) is 138 Å². The largest absolute Gasteiger partial charge is 0.478 e. The van der Waals surface area contributed by atoms with Crippen molar-refractivity contribution in [1.82, 2.24) is 4.57 Å². The van der Waals surface area contributed by atoms with Crippen molar-refractivity contribution in [3.05, 3.63) is 92.8 Å². The lowest BCUT2D eigenvalue weighted by Crippen LogP contribution is -2.14. The van der Waals surface area contributed by atoms with E-state index in [0.29, 0.717) is 11.3 Å². The van der Waals surface area contributed by atoms with Crippen LogP contribution in [-0.2, 0) is 4.79 Å². The number of aromatic carboxylic acids is 1. The number of carbonyl (C=O) groups excluding carboxylic acids is 1. The van der Waals surface area contributed by atoms with Crippen LogP contribution in [0.1, 0.15) is 27.3 Å². The summed E-state index contributed by atoms with van der Waals surface area (Å²) in [4.78, 5) is 34.1. The molecule has 0 aliphatic carbocycles. The number of carbonyl (C=O) groups is 2. The second kappa shape index (κ2) is 8.97. The highest BCUT2D eigenvalue weighted by molar-refractivity contribution is 6.10. The number of carboxylic acid groups (broad SMARTS) is 1. The van der Waals surface area contributed by atoms with Gasteiger partial charge in [0.15, 0.2) is 0 Å². The first-order valence-electron chi connectivity index (χ1n) is 9.41. The molecule has 0 aliphatic heterocycles. The summed E-state index contributed by atoms with van der Waals surface area (Å²) in [6.45, 7) is 3.65. The van der Waals surface area contributed by atoms with Gasteiger partial charge >= 0.3 is 5.97 Å². The van der Waals surface area contributed by atoms with E-state index in [1.54, 1.807) is 18.2 Å². The van der Waals surface area contributed by atoms with Gasteiger partial charge in [-0.05, 0) is 61.9 Å². The van der Waals surface area contributed by atoms with E-state index in [1.165, 1.54) is 42.5 Å². The van der Waals surface area contributed by atoms with Gasteiger partial charge < -0.3 is 15.0 Å². The van der Waals surface area contributed by atoms with Gasteiger partial charge in [-0.1, -0.05) is 6.07 Å². The van der Waals surface area contributed by atoms with Crippen LogP contribution in [0.15, 0.2) is 60.2 Å². The summed E-state index contributed by atoms with van der Waals surface area (Å²) in [6, 6.07) is 15.4. The zero-order valence-electron chi connectivity index (χ0n) is 17.2. The van der Waals surface area contributed by atoms with E-state index in [9.17, 15) is 25.0 Å². The molecule has 0 unspecified atom stereocenters. The van der Waals surface area contributed by atoms with Crippen molar-refractivity contribution in [2.24, 2.45) is 0 Å². The first-order chi connectivity index (χ1) is 15.2. The molecule has 3 rings (SSSR count). The number of aromatic nitrogens is 1. The molecule has 0 spiro atoms.